The number of nitrogens with zero attached hydrogens (tertiary/aromatic N) is 1. The van der Waals surface area contributed by atoms with Crippen LogP contribution in [0.5, 0.6) is 5.75 Å². The summed E-state index contributed by atoms with van der Waals surface area (Å²) in [6.45, 7) is -0.192. The fraction of sp³-hybridized carbons (Fsp3) is 0.118. The molecule has 0 aliphatic carbocycles. The van der Waals surface area contributed by atoms with Crippen LogP contribution in [0.3, 0.4) is 0 Å². The number of hydrogen-bond donors (Lipinski definition) is 0. The van der Waals surface area contributed by atoms with Crippen LogP contribution in [0.2, 0.25) is 0 Å². The Balaban J connectivity index is 1.70. The molecule has 2 aromatic rings. The third kappa shape index (κ3) is 3.65. The van der Waals surface area contributed by atoms with Crippen LogP contribution < -0.4 is 4.74 Å². The zero-order valence-corrected chi connectivity index (χ0v) is 13.6. The second-order valence-corrected chi connectivity index (χ2v) is 5.80. The first-order chi connectivity index (χ1) is 11.1. The number of ketones is 1. The molecule has 0 unspecified atom stereocenters. The van der Waals surface area contributed by atoms with E-state index in [2.05, 4.69) is 21.1 Å². The van der Waals surface area contributed by atoms with Gasteiger partial charge in [0.25, 0.3) is 0 Å². The van der Waals surface area contributed by atoms with Gasteiger partial charge < -0.3 is 9.57 Å². The van der Waals surface area contributed by atoms with Gasteiger partial charge in [-0.2, -0.15) is 0 Å². The summed E-state index contributed by atoms with van der Waals surface area (Å²) in [4.78, 5) is 28.7. The third-order valence-corrected chi connectivity index (χ3v) is 3.80. The highest BCUT2D eigenvalue weighted by molar-refractivity contribution is 9.10. The molecular formula is C17H12BrNO4. The number of carbonyl (C=O) groups excluding carboxylic acids is 2. The van der Waals surface area contributed by atoms with Crippen molar-refractivity contribution in [2.45, 2.75) is 6.42 Å². The second-order valence-electron chi connectivity index (χ2n) is 4.89. The van der Waals surface area contributed by atoms with Gasteiger partial charge in [-0.1, -0.05) is 45.4 Å². The zero-order chi connectivity index (χ0) is 16.2. The third-order valence-electron chi connectivity index (χ3n) is 3.27. The lowest BCUT2D eigenvalue weighted by molar-refractivity contribution is -0.133. The zero-order valence-electron chi connectivity index (χ0n) is 12.0. The van der Waals surface area contributed by atoms with E-state index in [1.54, 1.807) is 42.5 Å². The predicted molar refractivity (Wildman–Crippen MR) is 87.7 cm³/mol. The van der Waals surface area contributed by atoms with E-state index in [4.69, 9.17) is 9.57 Å². The highest BCUT2D eigenvalue weighted by Crippen LogP contribution is 2.25. The summed E-state index contributed by atoms with van der Waals surface area (Å²) in [6, 6.07) is 14.0. The molecule has 3 rings (SSSR count). The van der Waals surface area contributed by atoms with Crippen LogP contribution in [0.15, 0.2) is 58.2 Å². The van der Waals surface area contributed by atoms with E-state index in [0.29, 0.717) is 22.6 Å². The Morgan fingerprint density at radius 1 is 1.17 bits per heavy atom. The molecule has 6 heteroatoms. The molecule has 0 fully saturated rings. The molecule has 0 amide bonds. The van der Waals surface area contributed by atoms with Gasteiger partial charge in [0.15, 0.2) is 6.61 Å². The SMILES string of the molecule is O=C1C/C(=N\OCC(=O)c2ccc(Br)cc2)c2ccccc2O1. The van der Waals surface area contributed by atoms with E-state index < -0.39 is 5.97 Å². The molecule has 0 saturated heterocycles. The number of Topliss-reactive ketones (excluding diaryl/α,β-unsaturated/α-hetero) is 1. The van der Waals surface area contributed by atoms with Crippen LogP contribution >= 0.6 is 15.9 Å². The molecule has 1 aliphatic heterocycles. The Morgan fingerprint density at radius 3 is 2.70 bits per heavy atom. The lowest BCUT2D eigenvalue weighted by atomic mass is 10.0. The molecule has 23 heavy (non-hydrogen) atoms. The average molecular weight is 374 g/mol. The van der Waals surface area contributed by atoms with E-state index in [9.17, 15) is 9.59 Å². The Bertz CT molecular complexity index is 783. The lowest BCUT2D eigenvalue weighted by Gasteiger charge is -2.16. The molecule has 0 radical (unpaired) electrons. The molecule has 0 saturated carbocycles. The molecular weight excluding hydrogens is 362 g/mol. The quantitative estimate of drug-likeness (QED) is 0.356. The summed E-state index contributed by atoms with van der Waals surface area (Å²) in [5, 5.41) is 3.94. The Kier molecular flexibility index (Phi) is 4.52. The first-order valence-corrected chi connectivity index (χ1v) is 7.70. The number of para-hydroxylation sites is 1. The Labute approximate surface area is 141 Å². The second kappa shape index (κ2) is 6.75. The summed E-state index contributed by atoms with van der Waals surface area (Å²) in [6.07, 6.45) is 0.0173. The molecule has 1 aliphatic rings. The van der Waals surface area contributed by atoms with Gasteiger partial charge in [-0.05, 0) is 24.3 Å². The standard InChI is InChI=1S/C17H12BrNO4/c18-12-7-5-11(6-8-12)15(20)10-22-19-14-9-17(21)23-16-4-2-1-3-13(14)16/h1-8H,9-10H2/b19-14+. The highest BCUT2D eigenvalue weighted by atomic mass is 79.9. The van der Waals surface area contributed by atoms with Crippen molar-refractivity contribution in [1.29, 1.82) is 0 Å². The minimum atomic E-state index is -0.398. The Hall–Kier alpha value is -2.47. The molecule has 2 aromatic carbocycles. The molecule has 0 N–H and O–H groups in total. The van der Waals surface area contributed by atoms with Crippen molar-refractivity contribution in [3.63, 3.8) is 0 Å². The molecule has 0 aromatic heterocycles. The van der Waals surface area contributed by atoms with Crippen LogP contribution in [0, 0.1) is 0 Å². The van der Waals surface area contributed by atoms with Crippen LogP contribution in [0.25, 0.3) is 0 Å². The first-order valence-electron chi connectivity index (χ1n) is 6.91. The van der Waals surface area contributed by atoms with Gasteiger partial charge in [0.05, 0.1) is 6.42 Å². The molecule has 1 heterocycles. The number of oxime groups is 1. The van der Waals surface area contributed by atoms with Crippen molar-refractivity contribution in [1.82, 2.24) is 0 Å². The number of halogens is 1. The fourth-order valence-corrected chi connectivity index (χ4v) is 2.42. The predicted octanol–water partition coefficient (Wildman–Crippen LogP) is 3.36. The Morgan fingerprint density at radius 2 is 1.91 bits per heavy atom. The maximum Gasteiger partial charge on any atom is 0.317 e. The van der Waals surface area contributed by atoms with E-state index >= 15 is 0 Å². The minimum Gasteiger partial charge on any atom is -0.426 e. The summed E-state index contributed by atoms with van der Waals surface area (Å²) in [7, 11) is 0. The van der Waals surface area contributed by atoms with Crippen molar-refractivity contribution in [3.8, 4) is 5.75 Å². The lowest BCUT2D eigenvalue weighted by Crippen LogP contribution is -2.22. The van der Waals surface area contributed by atoms with Crippen LogP contribution in [0.4, 0.5) is 0 Å². The summed E-state index contributed by atoms with van der Waals surface area (Å²) in [5.41, 5.74) is 1.69. The number of ether oxygens (including phenoxy) is 1. The van der Waals surface area contributed by atoms with Gasteiger partial charge in [-0.25, -0.2) is 0 Å². The maximum absolute atomic E-state index is 12.0. The van der Waals surface area contributed by atoms with Crippen LogP contribution in [-0.4, -0.2) is 24.1 Å². The van der Waals surface area contributed by atoms with Crippen molar-refractivity contribution in [2.75, 3.05) is 6.61 Å². The summed E-state index contributed by atoms with van der Waals surface area (Å²) in [5.74, 6) is -0.135. The molecule has 116 valence electrons. The van der Waals surface area contributed by atoms with Crippen LogP contribution in [-0.2, 0) is 9.63 Å². The van der Waals surface area contributed by atoms with Gasteiger partial charge in [0, 0.05) is 15.6 Å². The highest BCUT2D eigenvalue weighted by Gasteiger charge is 2.23. The van der Waals surface area contributed by atoms with Gasteiger partial charge in [0.1, 0.15) is 11.5 Å². The number of rotatable bonds is 4. The number of hydrogen-bond acceptors (Lipinski definition) is 5. The maximum atomic E-state index is 12.0. The summed E-state index contributed by atoms with van der Waals surface area (Å²) >= 11 is 3.31. The summed E-state index contributed by atoms with van der Waals surface area (Å²) < 4.78 is 6.02. The number of benzene rings is 2. The van der Waals surface area contributed by atoms with Gasteiger partial charge in [0.2, 0.25) is 5.78 Å². The van der Waals surface area contributed by atoms with Crippen molar-refractivity contribution in [2.24, 2.45) is 5.16 Å². The topological polar surface area (TPSA) is 65.0 Å². The molecule has 5 nitrogen and oxygen atoms in total. The molecule has 0 spiro atoms. The van der Waals surface area contributed by atoms with Crippen molar-refractivity contribution < 1.29 is 19.2 Å². The molecule has 0 atom stereocenters. The monoisotopic (exact) mass is 373 g/mol. The van der Waals surface area contributed by atoms with E-state index in [1.165, 1.54) is 0 Å². The van der Waals surface area contributed by atoms with Gasteiger partial charge >= 0.3 is 5.97 Å². The first kappa shape index (κ1) is 15.4. The minimum absolute atomic E-state index is 0.0173. The van der Waals surface area contributed by atoms with Crippen molar-refractivity contribution in [3.05, 3.63) is 64.1 Å². The smallest absolute Gasteiger partial charge is 0.317 e. The van der Waals surface area contributed by atoms with E-state index in [0.717, 1.165) is 4.47 Å². The normalized spacial score (nSPS) is 15.0. The number of carbonyl (C=O) groups is 2. The van der Waals surface area contributed by atoms with Crippen LogP contribution in [0.1, 0.15) is 22.3 Å². The van der Waals surface area contributed by atoms with E-state index in [-0.39, 0.29) is 18.8 Å². The van der Waals surface area contributed by atoms with Gasteiger partial charge in [-0.3, -0.25) is 9.59 Å². The number of fused-ring (bicyclic) bond motifs is 1. The largest absolute Gasteiger partial charge is 0.426 e. The average Bonchev–Trinajstić information content (AvgIpc) is 2.55. The molecule has 0 bridgehead atoms. The van der Waals surface area contributed by atoms with Gasteiger partial charge in [-0.15, -0.1) is 0 Å². The fourth-order valence-electron chi connectivity index (χ4n) is 2.15. The number of esters is 1. The van der Waals surface area contributed by atoms with E-state index in [1.807, 2.05) is 6.07 Å². The van der Waals surface area contributed by atoms with Crippen molar-refractivity contribution >= 4 is 33.4 Å².